The molecule has 33 heavy (non-hydrogen) atoms. The highest BCUT2D eigenvalue weighted by Crippen LogP contribution is 2.28. The molecule has 1 aromatic heterocycles. The van der Waals surface area contributed by atoms with E-state index in [0.717, 1.165) is 0 Å². The summed E-state index contributed by atoms with van der Waals surface area (Å²) in [6, 6.07) is 19.2. The first-order valence-corrected chi connectivity index (χ1v) is 10.3. The fourth-order valence-corrected chi connectivity index (χ4v) is 3.46. The van der Waals surface area contributed by atoms with Gasteiger partial charge >= 0.3 is 5.97 Å². The quantitative estimate of drug-likeness (QED) is 0.381. The van der Waals surface area contributed by atoms with Crippen LogP contribution < -0.4 is 10.1 Å². The van der Waals surface area contributed by atoms with Crippen LogP contribution in [0.2, 0.25) is 5.02 Å². The van der Waals surface area contributed by atoms with E-state index in [4.69, 9.17) is 21.1 Å². The van der Waals surface area contributed by atoms with Gasteiger partial charge in [-0.2, -0.15) is 0 Å². The van der Waals surface area contributed by atoms with E-state index in [0.29, 0.717) is 38.6 Å². The van der Waals surface area contributed by atoms with E-state index in [1.54, 1.807) is 54.6 Å². The number of nitrogens with one attached hydrogen (secondary N) is 1. The summed E-state index contributed by atoms with van der Waals surface area (Å²) in [5.41, 5.74) is 2.29. The average Bonchev–Trinajstić information content (AvgIpc) is 2.82. The Bertz CT molecular complexity index is 1340. The van der Waals surface area contributed by atoms with Gasteiger partial charge in [0.05, 0.1) is 29.6 Å². The van der Waals surface area contributed by atoms with E-state index in [9.17, 15) is 14.0 Å². The van der Waals surface area contributed by atoms with Gasteiger partial charge in [-0.25, -0.2) is 14.2 Å². The number of para-hydroxylation sites is 1. The average molecular weight is 465 g/mol. The Morgan fingerprint density at radius 1 is 1.03 bits per heavy atom. The molecule has 0 bridgehead atoms. The molecule has 0 saturated carbocycles. The van der Waals surface area contributed by atoms with Crippen molar-refractivity contribution in [2.45, 2.75) is 0 Å². The molecule has 4 rings (SSSR count). The number of hydrogen-bond acceptors (Lipinski definition) is 5. The van der Waals surface area contributed by atoms with Crippen LogP contribution in [-0.4, -0.2) is 30.6 Å². The number of nitrogens with zero attached hydrogens (tertiary/aromatic N) is 1. The molecule has 0 aliphatic rings. The molecule has 0 aliphatic heterocycles. The minimum Gasteiger partial charge on any atom is -0.495 e. The predicted octanol–water partition coefficient (Wildman–Crippen LogP) is 5.50. The van der Waals surface area contributed by atoms with Gasteiger partial charge in [-0.1, -0.05) is 29.8 Å². The summed E-state index contributed by atoms with van der Waals surface area (Å²) in [5, 5.41) is 3.61. The van der Waals surface area contributed by atoms with E-state index >= 15 is 0 Å². The fraction of sp³-hybridized carbons (Fsp3) is 0.0800. The number of carbonyl (C=O) groups excluding carboxylic acids is 2. The van der Waals surface area contributed by atoms with E-state index in [2.05, 4.69) is 10.3 Å². The van der Waals surface area contributed by atoms with Gasteiger partial charge in [-0.15, -0.1) is 0 Å². The number of rotatable bonds is 6. The zero-order valence-corrected chi connectivity index (χ0v) is 18.2. The zero-order chi connectivity index (χ0) is 23.4. The largest absolute Gasteiger partial charge is 0.495 e. The predicted molar refractivity (Wildman–Crippen MR) is 124 cm³/mol. The maximum atomic E-state index is 13.3. The first-order chi connectivity index (χ1) is 15.9. The van der Waals surface area contributed by atoms with E-state index in [1.807, 2.05) is 0 Å². The normalized spacial score (nSPS) is 10.6. The lowest BCUT2D eigenvalue weighted by Gasteiger charge is -2.12. The Morgan fingerprint density at radius 3 is 2.55 bits per heavy atom. The molecule has 0 fully saturated rings. The highest BCUT2D eigenvalue weighted by molar-refractivity contribution is 6.31. The summed E-state index contributed by atoms with van der Waals surface area (Å²) >= 11 is 5.98. The van der Waals surface area contributed by atoms with Gasteiger partial charge in [0, 0.05) is 16.0 Å². The summed E-state index contributed by atoms with van der Waals surface area (Å²) in [7, 11) is 1.46. The second-order valence-corrected chi connectivity index (χ2v) is 7.48. The van der Waals surface area contributed by atoms with Crippen molar-refractivity contribution in [2.75, 3.05) is 19.0 Å². The number of aromatic nitrogens is 1. The molecule has 0 aliphatic carbocycles. The third kappa shape index (κ3) is 5.10. The highest BCUT2D eigenvalue weighted by Gasteiger charge is 2.17. The molecule has 0 atom stereocenters. The Labute approximate surface area is 193 Å². The lowest BCUT2D eigenvalue weighted by atomic mass is 10.0. The third-order valence-corrected chi connectivity index (χ3v) is 5.08. The van der Waals surface area contributed by atoms with Crippen LogP contribution in [0, 0.1) is 5.82 Å². The minimum atomic E-state index is -0.690. The van der Waals surface area contributed by atoms with Crippen molar-refractivity contribution in [3.8, 4) is 17.0 Å². The van der Waals surface area contributed by atoms with Crippen molar-refractivity contribution >= 4 is 40.1 Å². The summed E-state index contributed by atoms with van der Waals surface area (Å²) < 4.78 is 23.8. The molecule has 0 saturated heterocycles. The van der Waals surface area contributed by atoms with Gasteiger partial charge in [0.2, 0.25) is 0 Å². The van der Waals surface area contributed by atoms with Gasteiger partial charge in [0.25, 0.3) is 5.91 Å². The van der Waals surface area contributed by atoms with Gasteiger partial charge in [-0.05, 0) is 54.6 Å². The number of methoxy groups -OCH3 is 1. The lowest BCUT2D eigenvalue weighted by molar-refractivity contribution is -0.119. The summed E-state index contributed by atoms with van der Waals surface area (Å²) in [6.45, 7) is -0.517. The Kier molecular flexibility index (Phi) is 6.51. The minimum absolute atomic E-state index is 0.244. The summed E-state index contributed by atoms with van der Waals surface area (Å²) in [5.74, 6) is -1.20. The number of hydrogen-bond donors (Lipinski definition) is 1. The second kappa shape index (κ2) is 9.67. The van der Waals surface area contributed by atoms with Crippen LogP contribution in [0.5, 0.6) is 5.75 Å². The van der Waals surface area contributed by atoms with Crippen molar-refractivity contribution in [3.05, 3.63) is 89.2 Å². The van der Waals surface area contributed by atoms with Crippen LogP contribution >= 0.6 is 11.6 Å². The standard InChI is InChI=1S/C25H18ClFN2O4/c1-32-23-11-8-16(26)12-22(23)29-24(30)14-33-25(31)19-13-21(15-6-9-17(27)10-7-15)28-20-5-3-2-4-18(19)20/h2-13H,14H2,1H3,(H,29,30). The number of ether oxygens (including phenoxy) is 2. The van der Waals surface area contributed by atoms with Crippen molar-refractivity contribution in [1.29, 1.82) is 0 Å². The molecule has 1 amide bonds. The fourth-order valence-electron chi connectivity index (χ4n) is 3.29. The number of benzene rings is 3. The molecule has 3 aromatic carbocycles. The third-order valence-electron chi connectivity index (χ3n) is 4.85. The van der Waals surface area contributed by atoms with Crippen molar-refractivity contribution in [2.24, 2.45) is 0 Å². The van der Waals surface area contributed by atoms with Crippen LogP contribution in [0.3, 0.4) is 0 Å². The van der Waals surface area contributed by atoms with Crippen LogP contribution in [0.4, 0.5) is 10.1 Å². The summed E-state index contributed by atoms with van der Waals surface area (Å²) in [6.07, 6.45) is 0. The first kappa shape index (κ1) is 22.2. The molecule has 1 heterocycles. The van der Waals surface area contributed by atoms with Crippen molar-refractivity contribution < 1.29 is 23.5 Å². The molecule has 4 aromatic rings. The van der Waals surface area contributed by atoms with Crippen LogP contribution in [0.1, 0.15) is 10.4 Å². The number of carbonyl (C=O) groups is 2. The maximum absolute atomic E-state index is 13.3. The molecule has 0 spiro atoms. The van der Waals surface area contributed by atoms with E-state index < -0.39 is 18.5 Å². The number of pyridine rings is 1. The van der Waals surface area contributed by atoms with Crippen LogP contribution in [0.25, 0.3) is 22.2 Å². The zero-order valence-electron chi connectivity index (χ0n) is 17.5. The lowest BCUT2D eigenvalue weighted by Crippen LogP contribution is -2.21. The number of halogens is 2. The SMILES string of the molecule is COc1ccc(Cl)cc1NC(=O)COC(=O)c1cc(-c2ccc(F)cc2)nc2ccccc12. The van der Waals surface area contributed by atoms with Crippen molar-refractivity contribution in [1.82, 2.24) is 4.98 Å². The Morgan fingerprint density at radius 2 is 1.79 bits per heavy atom. The molecular weight excluding hydrogens is 447 g/mol. The number of esters is 1. The molecule has 0 unspecified atom stereocenters. The van der Waals surface area contributed by atoms with Gasteiger partial charge in [0.1, 0.15) is 11.6 Å². The molecule has 0 radical (unpaired) electrons. The highest BCUT2D eigenvalue weighted by atomic mass is 35.5. The number of amides is 1. The van der Waals surface area contributed by atoms with E-state index in [1.165, 1.54) is 25.3 Å². The maximum Gasteiger partial charge on any atom is 0.339 e. The monoisotopic (exact) mass is 464 g/mol. The Balaban J connectivity index is 1.56. The van der Waals surface area contributed by atoms with Gasteiger partial charge in [-0.3, -0.25) is 4.79 Å². The first-order valence-electron chi connectivity index (χ1n) is 9.91. The molecule has 166 valence electrons. The molecular formula is C25H18ClFN2O4. The van der Waals surface area contributed by atoms with E-state index in [-0.39, 0.29) is 11.4 Å². The second-order valence-electron chi connectivity index (χ2n) is 7.05. The Hall–Kier alpha value is -3.97. The molecule has 1 N–H and O–H groups in total. The van der Waals surface area contributed by atoms with Gasteiger partial charge in [0.15, 0.2) is 6.61 Å². The molecule has 6 nitrogen and oxygen atoms in total. The molecule has 8 heteroatoms. The smallest absolute Gasteiger partial charge is 0.339 e. The summed E-state index contributed by atoms with van der Waals surface area (Å²) in [4.78, 5) is 29.8. The van der Waals surface area contributed by atoms with Gasteiger partial charge < -0.3 is 14.8 Å². The topological polar surface area (TPSA) is 77.5 Å². The van der Waals surface area contributed by atoms with Crippen molar-refractivity contribution in [3.63, 3.8) is 0 Å². The van der Waals surface area contributed by atoms with Crippen LogP contribution in [-0.2, 0) is 9.53 Å². The number of anilines is 1. The van der Waals surface area contributed by atoms with Crippen LogP contribution in [0.15, 0.2) is 72.8 Å². The number of fused-ring (bicyclic) bond motifs is 1.